The second-order valence-corrected chi connectivity index (χ2v) is 4.66. The highest BCUT2D eigenvalue weighted by atomic mass is 35.5. The van der Waals surface area contributed by atoms with Gasteiger partial charge in [0.15, 0.2) is 0 Å². The Labute approximate surface area is 129 Å². The van der Waals surface area contributed by atoms with Crippen LogP contribution in [0.2, 0.25) is 0 Å². The van der Waals surface area contributed by atoms with E-state index in [1.165, 1.54) is 0 Å². The zero-order valence-electron chi connectivity index (χ0n) is 11.5. The van der Waals surface area contributed by atoms with E-state index < -0.39 is 0 Å². The van der Waals surface area contributed by atoms with Crippen LogP contribution in [-0.4, -0.2) is 10.9 Å². The highest BCUT2D eigenvalue weighted by molar-refractivity contribution is 6.25. The van der Waals surface area contributed by atoms with Crippen LogP contribution >= 0.6 is 12.4 Å². The summed E-state index contributed by atoms with van der Waals surface area (Å²) in [6, 6.07) is 13.5. The number of hydrogen-bond donors (Lipinski definition) is 1. The molecule has 1 aromatic heterocycles. The molecule has 0 atom stereocenters. The van der Waals surface area contributed by atoms with Gasteiger partial charge in [-0.1, -0.05) is 36.4 Å². The van der Waals surface area contributed by atoms with E-state index in [-0.39, 0.29) is 18.3 Å². The number of pyridine rings is 1. The normalized spacial score (nSPS) is 15.9. The quantitative estimate of drug-likeness (QED) is 0.922. The van der Waals surface area contributed by atoms with E-state index in [1.54, 1.807) is 12.4 Å². The lowest BCUT2D eigenvalue weighted by atomic mass is 10.0. The molecule has 0 unspecified atom stereocenters. The summed E-state index contributed by atoms with van der Waals surface area (Å²) in [6.45, 7) is 1.96. The Hall–Kier alpha value is -2.39. The third kappa shape index (κ3) is 3.03. The van der Waals surface area contributed by atoms with Crippen LogP contribution in [0.15, 0.2) is 66.1 Å². The van der Waals surface area contributed by atoms with Crippen molar-refractivity contribution in [1.29, 1.82) is 0 Å². The van der Waals surface area contributed by atoms with E-state index in [4.69, 9.17) is 0 Å². The van der Waals surface area contributed by atoms with E-state index in [0.29, 0.717) is 0 Å². The van der Waals surface area contributed by atoms with Gasteiger partial charge in [-0.2, -0.15) is 0 Å². The molecule has 106 valence electrons. The minimum atomic E-state index is -0.0520. The first kappa shape index (κ1) is 15.0. The minimum absolute atomic E-state index is 0. The molecule has 0 bridgehead atoms. The Morgan fingerprint density at radius 2 is 1.86 bits per heavy atom. The topological polar surface area (TPSA) is 42.0 Å². The number of carbonyl (C=O) groups excluding carboxylic acids is 1. The molecule has 1 amide bonds. The fourth-order valence-electron chi connectivity index (χ4n) is 2.31. The van der Waals surface area contributed by atoms with Crippen molar-refractivity contribution in [2.24, 2.45) is 0 Å². The number of rotatable bonds is 2. The first-order valence-corrected chi connectivity index (χ1v) is 6.45. The molecule has 0 saturated carbocycles. The molecule has 0 saturated heterocycles. The van der Waals surface area contributed by atoms with Gasteiger partial charge in [0.2, 0.25) is 0 Å². The summed E-state index contributed by atoms with van der Waals surface area (Å²) in [5, 5.41) is 2.92. The SMILES string of the molecule is CC1=C(c2ccccc2)C(=O)N/C1=C/c1cccnc1.Cl. The molecule has 1 aliphatic rings. The van der Waals surface area contributed by atoms with E-state index >= 15 is 0 Å². The summed E-state index contributed by atoms with van der Waals surface area (Å²) < 4.78 is 0. The summed E-state index contributed by atoms with van der Waals surface area (Å²) in [5.41, 5.74) is 4.45. The summed E-state index contributed by atoms with van der Waals surface area (Å²) in [5.74, 6) is -0.0520. The van der Waals surface area contributed by atoms with Crippen LogP contribution in [0.3, 0.4) is 0 Å². The Morgan fingerprint density at radius 1 is 1.10 bits per heavy atom. The first-order valence-electron chi connectivity index (χ1n) is 6.45. The lowest BCUT2D eigenvalue weighted by molar-refractivity contribution is -0.114. The van der Waals surface area contributed by atoms with Crippen molar-refractivity contribution < 1.29 is 4.79 Å². The van der Waals surface area contributed by atoms with Gasteiger partial charge >= 0.3 is 0 Å². The number of nitrogens with one attached hydrogen (secondary N) is 1. The van der Waals surface area contributed by atoms with Crippen molar-refractivity contribution in [2.45, 2.75) is 6.92 Å². The average Bonchev–Trinajstić information content (AvgIpc) is 2.75. The Bertz CT molecular complexity index is 706. The third-order valence-electron chi connectivity index (χ3n) is 3.31. The van der Waals surface area contributed by atoms with Gasteiger partial charge in [-0.25, -0.2) is 0 Å². The second-order valence-electron chi connectivity index (χ2n) is 4.66. The molecule has 3 nitrogen and oxygen atoms in total. The highest BCUT2D eigenvalue weighted by Crippen LogP contribution is 2.29. The van der Waals surface area contributed by atoms with Crippen LogP contribution < -0.4 is 5.32 Å². The maximum absolute atomic E-state index is 12.2. The number of benzene rings is 1. The first-order chi connectivity index (χ1) is 9.75. The monoisotopic (exact) mass is 298 g/mol. The minimum Gasteiger partial charge on any atom is -0.322 e. The van der Waals surface area contributed by atoms with Gasteiger partial charge in [-0.15, -0.1) is 12.4 Å². The van der Waals surface area contributed by atoms with E-state index in [2.05, 4.69) is 10.3 Å². The maximum atomic E-state index is 12.2. The van der Waals surface area contributed by atoms with Crippen molar-refractivity contribution in [1.82, 2.24) is 10.3 Å². The molecule has 4 heteroatoms. The van der Waals surface area contributed by atoms with Gasteiger partial charge in [0.1, 0.15) is 0 Å². The molecule has 21 heavy (non-hydrogen) atoms. The highest BCUT2D eigenvalue weighted by Gasteiger charge is 2.25. The van der Waals surface area contributed by atoms with Crippen molar-refractivity contribution in [2.75, 3.05) is 0 Å². The number of hydrogen-bond acceptors (Lipinski definition) is 2. The summed E-state index contributed by atoms with van der Waals surface area (Å²) in [7, 11) is 0. The van der Waals surface area contributed by atoms with Crippen molar-refractivity contribution in [3.63, 3.8) is 0 Å². The van der Waals surface area contributed by atoms with Gasteiger partial charge in [0.25, 0.3) is 5.91 Å². The lowest BCUT2D eigenvalue weighted by Crippen LogP contribution is -2.15. The van der Waals surface area contributed by atoms with Crippen molar-refractivity contribution >= 4 is 30.0 Å². The number of nitrogens with zero attached hydrogens (tertiary/aromatic N) is 1. The van der Waals surface area contributed by atoms with Crippen molar-refractivity contribution in [3.05, 3.63) is 77.3 Å². The molecule has 0 spiro atoms. The Balaban J connectivity index is 0.00000161. The molecular weight excluding hydrogens is 284 g/mol. The van der Waals surface area contributed by atoms with Crippen LogP contribution in [0, 0.1) is 0 Å². The van der Waals surface area contributed by atoms with Gasteiger partial charge < -0.3 is 5.32 Å². The molecule has 0 radical (unpaired) electrons. The fraction of sp³-hybridized carbons (Fsp3) is 0.0588. The summed E-state index contributed by atoms with van der Waals surface area (Å²) in [6.07, 6.45) is 5.44. The van der Waals surface area contributed by atoms with Crippen LogP contribution in [0.4, 0.5) is 0 Å². The zero-order valence-corrected chi connectivity index (χ0v) is 12.4. The predicted octanol–water partition coefficient (Wildman–Crippen LogP) is 3.45. The molecule has 1 aliphatic heterocycles. The van der Waals surface area contributed by atoms with E-state index in [9.17, 15) is 4.79 Å². The number of allylic oxidation sites excluding steroid dienone is 1. The fourth-order valence-corrected chi connectivity index (χ4v) is 2.31. The molecule has 0 fully saturated rings. The number of aromatic nitrogens is 1. The Kier molecular flexibility index (Phi) is 4.55. The maximum Gasteiger partial charge on any atom is 0.256 e. The molecule has 2 heterocycles. The van der Waals surface area contributed by atoms with Gasteiger partial charge in [0.05, 0.1) is 5.57 Å². The van der Waals surface area contributed by atoms with Crippen LogP contribution in [0.25, 0.3) is 11.6 Å². The molecule has 2 aromatic rings. The van der Waals surface area contributed by atoms with E-state index in [0.717, 1.165) is 28.0 Å². The molecule has 1 aromatic carbocycles. The van der Waals surface area contributed by atoms with Crippen molar-refractivity contribution in [3.8, 4) is 0 Å². The largest absolute Gasteiger partial charge is 0.322 e. The number of amides is 1. The number of carbonyl (C=O) groups is 1. The van der Waals surface area contributed by atoms with Crippen LogP contribution in [0.5, 0.6) is 0 Å². The molecule has 3 rings (SSSR count). The second kappa shape index (κ2) is 6.37. The summed E-state index contributed by atoms with van der Waals surface area (Å²) in [4.78, 5) is 16.2. The lowest BCUT2D eigenvalue weighted by Gasteiger charge is -2.00. The third-order valence-corrected chi connectivity index (χ3v) is 3.31. The summed E-state index contributed by atoms with van der Waals surface area (Å²) >= 11 is 0. The molecular formula is C17H15ClN2O. The van der Waals surface area contributed by atoms with Gasteiger partial charge in [-0.05, 0) is 35.8 Å². The zero-order chi connectivity index (χ0) is 13.9. The standard InChI is InChI=1S/C17H14N2O.ClH/c1-12-15(10-13-6-5-9-18-11-13)19-17(20)16(12)14-7-3-2-4-8-14;/h2-11H,1H3,(H,19,20);1H/b15-10+;. The number of halogens is 1. The molecule has 0 aliphatic carbocycles. The smallest absolute Gasteiger partial charge is 0.256 e. The van der Waals surface area contributed by atoms with Gasteiger partial charge in [-0.3, -0.25) is 9.78 Å². The molecule has 1 N–H and O–H groups in total. The van der Waals surface area contributed by atoms with Crippen LogP contribution in [-0.2, 0) is 4.79 Å². The predicted molar refractivity (Wildman–Crippen MR) is 86.6 cm³/mol. The van der Waals surface area contributed by atoms with E-state index in [1.807, 2.05) is 55.5 Å². The van der Waals surface area contributed by atoms with Crippen LogP contribution in [0.1, 0.15) is 18.1 Å². The Morgan fingerprint density at radius 3 is 2.52 bits per heavy atom. The average molecular weight is 299 g/mol. The van der Waals surface area contributed by atoms with Gasteiger partial charge in [0, 0.05) is 18.1 Å².